The number of carbonyl (C=O) groups excluding carboxylic acids is 2. The molecule has 4 heteroatoms. The summed E-state index contributed by atoms with van der Waals surface area (Å²) in [6, 6.07) is 15.5. The molecule has 0 saturated heterocycles. The average molecular weight is 359 g/mol. The Morgan fingerprint density at radius 1 is 0.963 bits per heavy atom. The van der Waals surface area contributed by atoms with E-state index in [2.05, 4.69) is 11.4 Å². The molecule has 4 rings (SSSR count). The SMILES string of the molecule is Cc1cccc(NC(=O)COC(=O)c2ccc3c4c(cccc24)CC3)c1C. The summed E-state index contributed by atoms with van der Waals surface area (Å²) < 4.78 is 5.29. The Kier molecular flexibility index (Phi) is 4.40. The van der Waals surface area contributed by atoms with Crippen LogP contribution in [0.3, 0.4) is 0 Å². The standard InChI is InChI=1S/C23H21NO3/c1-14-5-3-8-20(15(14)2)24-21(25)13-27-23(26)19-12-11-17-10-9-16-6-4-7-18(19)22(16)17/h3-8,11-12H,9-10,13H2,1-2H3,(H,24,25). The number of aryl methyl sites for hydroxylation is 3. The van der Waals surface area contributed by atoms with Crippen molar-refractivity contribution in [3.05, 3.63) is 76.3 Å². The Hall–Kier alpha value is -3.14. The second kappa shape index (κ2) is 6.88. The predicted molar refractivity (Wildman–Crippen MR) is 106 cm³/mol. The van der Waals surface area contributed by atoms with E-state index >= 15 is 0 Å². The van der Waals surface area contributed by atoms with E-state index in [1.54, 1.807) is 6.07 Å². The number of benzene rings is 3. The van der Waals surface area contributed by atoms with E-state index in [1.165, 1.54) is 11.1 Å². The van der Waals surface area contributed by atoms with Crippen LogP contribution in [0.2, 0.25) is 0 Å². The number of amides is 1. The molecular weight excluding hydrogens is 338 g/mol. The zero-order valence-electron chi connectivity index (χ0n) is 15.5. The lowest BCUT2D eigenvalue weighted by Crippen LogP contribution is -2.21. The van der Waals surface area contributed by atoms with Crippen LogP contribution in [0.4, 0.5) is 5.69 Å². The van der Waals surface area contributed by atoms with Gasteiger partial charge < -0.3 is 10.1 Å². The van der Waals surface area contributed by atoms with Gasteiger partial charge in [-0.2, -0.15) is 0 Å². The number of rotatable bonds is 4. The van der Waals surface area contributed by atoms with Gasteiger partial charge >= 0.3 is 5.97 Å². The Morgan fingerprint density at radius 2 is 1.70 bits per heavy atom. The molecule has 0 spiro atoms. The number of ether oxygens (including phenoxy) is 1. The van der Waals surface area contributed by atoms with Crippen molar-refractivity contribution in [2.45, 2.75) is 26.7 Å². The van der Waals surface area contributed by atoms with Crippen LogP contribution >= 0.6 is 0 Å². The molecule has 3 aromatic carbocycles. The van der Waals surface area contributed by atoms with E-state index < -0.39 is 5.97 Å². The van der Waals surface area contributed by atoms with Crippen LogP contribution in [-0.2, 0) is 22.4 Å². The molecule has 0 radical (unpaired) electrons. The fraction of sp³-hybridized carbons (Fsp3) is 0.217. The average Bonchev–Trinajstić information content (AvgIpc) is 3.09. The third-order valence-electron chi connectivity index (χ3n) is 5.31. The number of hydrogen-bond donors (Lipinski definition) is 1. The molecule has 27 heavy (non-hydrogen) atoms. The largest absolute Gasteiger partial charge is 0.452 e. The van der Waals surface area contributed by atoms with Crippen molar-refractivity contribution in [3.63, 3.8) is 0 Å². The van der Waals surface area contributed by atoms with Gasteiger partial charge in [-0.1, -0.05) is 36.4 Å². The van der Waals surface area contributed by atoms with Gasteiger partial charge in [-0.15, -0.1) is 0 Å². The molecule has 1 aliphatic carbocycles. The summed E-state index contributed by atoms with van der Waals surface area (Å²) in [4.78, 5) is 24.8. The highest BCUT2D eigenvalue weighted by atomic mass is 16.5. The second-order valence-corrected chi connectivity index (χ2v) is 6.98. The van der Waals surface area contributed by atoms with Gasteiger partial charge in [-0.05, 0) is 71.8 Å². The number of anilines is 1. The molecule has 0 fully saturated rings. The molecule has 136 valence electrons. The van der Waals surface area contributed by atoms with Gasteiger partial charge in [0.25, 0.3) is 5.91 Å². The minimum absolute atomic E-state index is 0.310. The summed E-state index contributed by atoms with van der Waals surface area (Å²) in [7, 11) is 0. The Balaban J connectivity index is 1.48. The second-order valence-electron chi connectivity index (χ2n) is 6.98. The van der Waals surface area contributed by atoms with Crippen molar-refractivity contribution in [1.29, 1.82) is 0 Å². The molecule has 0 aliphatic heterocycles. The first kappa shape index (κ1) is 17.3. The van der Waals surface area contributed by atoms with Crippen molar-refractivity contribution < 1.29 is 14.3 Å². The highest BCUT2D eigenvalue weighted by Crippen LogP contribution is 2.33. The van der Waals surface area contributed by atoms with E-state index in [0.717, 1.165) is 40.4 Å². The number of esters is 1. The molecule has 0 aromatic heterocycles. The van der Waals surface area contributed by atoms with Gasteiger partial charge in [0.15, 0.2) is 6.61 Å². The highest BCUT2D eigenvalue weighted by molar-refractivity contribution is 6.07. The van der Waals surface area contributed by atoms with E-state index in [-0.39, 0.29) is 12.5 Å². The lowest BCUT2D eigenvalue weighted by molar-refractivity contribution is -0.119. The third kappa shape index (κ3) is 3.19. The summed E-state index contributed by atoms with van der Waals surface area (Å²) in [5.41, 5.74) is 5.88. The predicted octanol–water partition coefficient (Wildman–Crippen LogP) is 4.35. The van der Waals surface area contributed by atoms with Gasteiger partial charge in [-0.25, -0.2) is 4.79 Å². The minimum Gasteiger partial charge on any atom is -0.452 e. The minimum atomic E-state index is -0.471. The lowest BCUT2D eigenvalue weighted by atomic mass is 10.00. The molecule has 1 amide bonds. The Labute approximate surface area is 158 Å². The maximum atomic E-state index is 12.6. The maximum Gasteiger partial charge on any atom is 0.339 e. The molecule has 0 atom stereocenters. The normalized spacial score (nSPS) is 12.2. The summed E-state index contributed by atoms with van der Waals surface area (Å²) in [6.45, 7) is 3.62. The van der Waals surface area contributed by atoms with Crippen LogP contribution in [0.25, 0.3) is 10.8 Å². The molecule has 3 aromatic rings. The fourth-order valence-electron chi connectivity index (χ4n) is 3.71. The Bertz CT molecular complexity index is 1060. The van der Waals surface area contributed by atoms with Crippen molar-refractivity contribution in [3.8, 4) is 0 Å². The van der Waals surface area contributed by atoms with Crippen LogP contribution in [0.5, 0.6) is 0 Å². The Morgan fingerprint density at radius 3 is 2.52 bits per heavy atom. The molecule has 0 saturated carbocycles. The zero-order chi connectivity index (χ0) is 19.0. The first-order chi connectivity index (χ1) is 13.0. The molecular formula is C23H21NO3. The van der Waals surface area contributed by atoms with Gasteiger partial charge in [-0.3, -0.25) is 4.79 Å². The van der Waals surface area contributed by atoms with E-state index in [4.69, 9.17) is 4.74 Å². The van der Waals surface area contributed by atoms with Gasteiger partial charge in [0.1, 0.15) is 0 Å². The molecule has 1 aliphatic rings. The number of nitrogens with one attached hydrogen (secondary N) is 1. The van der Waals surface area contributed by atoms with E-state index in [0.29, 0.717) is 5.56 Å². The number of carbonyl (C=O) groups is 2. The molecule has 0 heterocycles. The lowest BCUT2D eigenvalue weighted by Gasteiger charge is -2.11. The van der Waals surface area contributed by atoms with Gasteiger partial charge in [0.05, 0.1) is 5.56 Å². The summed E-state index contributed by atoms with van der Waals surface area (Å²) in [6.07, 6.45) is 2.01. The van der Waals surface area contributed by atoms with Crippen LogP contribution < -0.4 is 5.32 Å². The molecule has 0 unspecified atom stereocenters. The quantitative estimate of drug-likeness (QED) is 0.705. The third-order valence-corrected chi connectivity index (χ3v) is 5.31. The van der Waals surface area contributed by atoms with E-state index in [1.807, 2.05) is 50.2 Å². The van der Waals surface area contributed by atoms with Crippen LogP contribution in [0.15, 0.2) is 48.5 Å². The van der Waals surface area contributed by atoms with Crippen LogP contribution in [0.1, 0.15) is 32.6 Å². The monoisotopic (exact) mass is 359 g/mol. The van der Waals surface area contributed by atoms with Crippen molar-refractivity contribution in [2.24, 2.45) is 0 Å². The summed E-state index contributed by atoms with van der Waals surface area (Å²) >= 11 is 0. The van der Waals surface area contributed by atoms with Crippen molar-refractivity contribution >= 4 is 28.3 Å². The smallest absolute Gasteiger partial charge is 0.339 e. The van der Waals surface area contributed by atoms with E-state index in [9.17, 15) is 9.59 Å². The maximum absolute atomic E-state index is 12.6. The summed E-state index contributed by atoms with van der Waals surface area (Å²) in [5.74, 6) is -0.815. The topological polar surface area (TPSA) is 55.4 Å². The van der Waals surface area contributed by atoms with Gasteiger partial charge in [0, 0.05) is 5.69 Å². The molecule has 4 nitrogen and oxygen atoms in total. The van der Waals surface area contributed by atoms with Gasteiger partial charge in [0.2, 0.25) is 0 Å². The number of hydrogen-bond acceptors (Lipinski definition) is 3. The molecule has 1 N–H and O–H groups in total. The van der Waals surface area contributed by atoms with Crippen molar-refractivity contribution in [1.82, 2.24) is 0 Å². The molecule has 0 bridgehead atoms. The first-order valence-corrected chi connectivity index (χ1v) is 9.11. The fourth-order valence-corrected chi connectivity index (χ4v) is 3.71. The zero-order valence-corrected chi connectivity index (χ0v) is 15.5. The first-order valence-electron chi connectivity index (χ1n) is 9.11. The van der Waals surface area contributed by atoms with Crippen LogP contribution in [-0.4, -0.2) is 18.5 Å². The summed E-state index contributed by atoms with van der Waals surface area (Å²) in [5, 5.41) is 4.87. The highest BCUT2D eigenvalue weighted by Gasteiger charge is 2.20. The van der Waals surface area contributed by atoms with Crippen molar-refractivity contribution in [2.75, 3.05) is 11.9 Å². The van der Waals surface area contributed by atoms with Crippen LogP contribution in [0, 0.1) is 13.8 Å².